The molecule has 3 aromatic carbocycles. The summed E-state index contributed by atoms with van der Waals surface area (Å²) in [6.45, 7) is -0.0136. The number of rotatable bonds is 6. The van der Waals surface area contributed by atoms with E-state index in [0.29, 0.717) is 20.1 Å². The van der Waals surface area contributed by atoms with E-state index in [1.807, 2.05) is 0 Å². The van der Waals surface area contributed by atoms with Crippen molar-refractivity contribution in [3.05, 3.63) is 102 Å². The molecule has 0 saturated carbocycles. The fourth-order valence-electron chi connectivity index (χ4n) is 2.68. The Labute approximate surface area is 188 Å². The molecule has 0 heterocycles. The molecule has 0 aliphatic heterocycles. The Kier molecular flexibility index (Phi) is 6.96. The summed E-state index contributed by atoms with van der Waals surface area (Å²) in [6, 6.07) is 17.6. The molecule has 30 heavy (non-hydrogen) atoms. The number of para-hydroxylation sites is 1. The minimum Gasteiger partial charge on any atom is -0.421 e. The molecule has 9 heteroatoms. The Balaban J connectivity index is 1.83. The van der Waals surface area contributed by atoms with Crippen LogP contribution in [0.2, 0.25) is 0 Å². The van der Waals surface area contributed by atoms with E-state index in [2.05, 4.69) is 37.2 Å². The maximum absolute atomic E-state index is 12.5. The molecule has 0 radical (unpaired) electrons. The van der Waals surface area contributed by atoms with Crippen LogP contribution < -0.4 is 10.1 Å². The molecule has 0 unspecified atom stereocenters. The number of ether oxygens (including phenoxy) is 1. The second-order valence-corrected chi connectivity index (χ2v) is 7.86. The second-order valence-electron chi connectivity index (χ2n) is 6.09. The number of carbonyl (C=O) groups excluding carboxylic acids is 2. The lowest BCUT2D eigenvalue weighted by atomic mass is 10.1. The molecular formula is C21H14Br2N2O5. The molecule has 0 atom stereocenters. The summed E-state index contributed by atoms with van der Waals surface area (Å²) in [7, 11) is 0. The maximum Gasteiger partial charge on any atom is 0.343 e. The number of amides is 1. The third kappa shape index (κ3) is 5.11. The number of benzene rings is 3. The van der Waals surface area contributed by atoms with Crippen molar-refractivity contribution in [1.29, 1.82) is 0 Å². The van der Waals surface area contributed by atoms with Gasteiger partial charge in [0.15, 0.2) is 0 Å². The van der Waals surface area contributed by atoms with Crippen LogP contribution in [0.4, 0.5) is 5.69 Å². The van der Waals surface area contributed by atoms with Crippen molar-refractivity contribution in [3.63, 3.8) is 0 Å². The minimum atomic E-state index is -0.613. The fourth-order valence-corrected chi connectivity index (χ4v) is 4.08. The highest BCUT2D eigenvalue weighted by Gasteiger charge is 2.21. The smallest absolute Gasteiger partial charge is 0.343 e. The van der Waals surface area contributed by atoms with Crippen molar-refractivity contribution in [1.82, 2.24) is 5.32 Å². The summed E-state index contributed by atoms with van der Waals surface area (Å²) in [6.07, 6.45) is 0. The number of hydrogen-bond acceptors (Lipinski definition) is 5. The molecule has 0 fully saturated rings. The van der Waals surface area contributed by atoms with Gasteiger partial charge in [-0.25, -0.2) is 4.79 Å². The third-order valence-electron chi connectivity index (χ3n) is 4.07. The van der Waals surface area contributed by atoms with Gasteiger partial charge in [0.2, 0.25) is 0 Å². The summed E-state index contributed by atoms with van der Waals surface area (Å²) in [5.74, 6) is -0.918. The van der Waals surface area contributed by atoms with Crippen LogP contribution in [0.1, 0.15) is 26.3 Å². The van der Waals surface area contributed by atoms with Crippen molar-refractivity contribution in [2.24, 2.45) is 0 Å². The van der Waals surface area contributed by atoms with Gasteiger partial charge in [0.05, 0.1) is 15.0 Å². The summed E-state index contributed by atoms with van der Waals surface area (Å²) in [5.41, 5.74) is 0.537. The average Bonchev–Trinajstić information content (AvgIpc) is 2.74. The zero-order valence-corrected chi connectivity index (χ0v) is 18.5. The third-order valence-corrected chi connectivity index (χ3v) is 5.12. The molecule has 0 aliphatic carbocycles. The van der Waals surface area contributed by atoms with Crippen molar-refractivity contribution < 1.29 is 19.2 Å². The highest BCUT2D eigenvalue weighted by atomic mass is 79.9. The van der Waals surface area contributed by atoms with Gasteiger partial charge in [-0.15, -0.1) is 0 Å². The Morgan fingerprint density at radius 3 is 2.37 bits per heavy atom. The number of carbonyl (C=O) groups is 2. The summed E-state index contributed by atoms with van der Waals surface area (Å²) in [5, 5.41) is 13.8. The minimum absolute atomic E-state index is 0.0136. The second kappa shape index (κ2) is 9.64. The predicted molar refractivity (Wildman–Crippen MR) is 118 cm³/mol. The first-order valence-corrected chi connectivity index (χ1v) is 10.2. The van der Waals surface area contributed by atoms with Crippen molar-refractivity contribution in [2.45, 2.75) is 6.54 Å². The largest absolute Gasteiger partial charge is 0.421 e. The van der Waals surface area contributed by atoms with Crippen LogP contribution in [0, 0.1) is 10.1 Å². The number of nitrogens with zero attached hydrogens (tertiary/aromatic N) is 1. The van der Waals surface area contributed by atoms with Crippen LogP contribution >= 0.6 is 31.9 Å². The molecule has 3 aromatic rings. The first-order valence-electron chi connectivity index (χ1n) is 8.63. The number of nitrogens with one attached hydrogen (secondary N) is 1. The molecule has 152 valence electrons. The van der Waals surface area contributed by atoms with E-state index in [9.17, 15) is 19.7 Å². The van der Waals surface area contributed by atoms with Gasteiger partial charge in [-0.05, 0) is 46.3 Å². The number of nitro benzene ring substituents is 1. The van der Waals surface area contributed by atoms with Gasteiger partial charge in [0, 0.05) is 22.6 Å². The van der Waals surface area contributed by atoms with Crippen LogP contribution in [0.15, 0.2) is 75.7 Å². The normalized spacial score (nSPS) is 10.3. The molecular weight excluding hydrogens is 520 g/mol. The Morgan fingerprint density at radius 2 is 1.67 bits per heavy atom. The Morgan fingerprint density at radius 1 is 1.00 bits per heavy atom. The SMILES string of the molecule is O=C(Oc1c(Br)cc(Br)cc1CNC(=O)c1ccccc1[N+](=O)[O-])c1ccccc1. The molecule has 3 rings (SSSR count). The van der Waals surface area contributed by atoms with E-state index in [1.54, 1.807) is 48.5 Å². The van der Waals surface area contributed by atoms with Crippen molar-refractivity contribution in [3.8, 4) is 5.75 Å². The highest BCUT2D eigenvalue weighted by molar-refractivity contribution is 9.11. The van der Waals surface area contributed by atoms with E-state index >= 15 is 0 Å². The topological polar surface area (TPSA) is 98.5 Å². The number of hydrogen-bond donors (Lipinski definition) is 1. The number of nitro groups is 1. The first kappa shape index (κ1) is 21.7. The van der Waals surface area contributed by atoms with Crippen LogP contribution in [0.25, 0.3) is 0 Å². The van der Waals surface area contributed by atoms with Crippen molar-refractivity contribution >= 4 is 49.4 Å². The lowest BCUT2D eigenvalue weighted by Crippen LogP contribution is -2.24. The van der Waals surface area contributed by atoms with E-state index in [0.717, 1.165) is 0 Å². The van der Waals surface area contributed by atoms with Gasteiger partial charge in [-0.2, -0.15) is 0 Å². The van der Waals surface area contributed by atoms with E-state index in [-0.39, 0.29) is 23.5 Å². The van der Waals surface area contributed by atoms with E-state index in [4.69, 9.17) is 4.74 Å². The monoisotopic (exact) mass is 532 g/mol. The zero-order chi connectivity index (χ0) is 21.7. The maximum atomic E-state index is 12.5. The number of esters is 1. The molecule has 0 saturated heterocycles. The van der Waals surface area contributed by atoms with Gasteiger partial charge in [-0.3, -0.25) is 14.9 Å². The van der Waals surface area contributed by atoms with Crippen LogP contribution in [-0.2, 0) is 6.54 Å². The molecule has 0 bridgehead atoms. The lowest BCUT2D eigenvalue weighted by molar-refractivity contribution is -0.385. The quantitative estimate of drug-likeness (QED) is 0.201. The molecule has 0 spiro atoms. The van der Waals surface area contributed by atoms with E-state index in [1.165, 1.54) is 18.2 Å². The van der Waals surface area contributed by atoms with Crippen LogP contribution in [0.5, 0.6) is 5.75 Å². The Hall–Kier alpha value is -3.04. The van der Waals surface area contributed by atoms with Crippen molar-refractivity contribution in [2.75, 3.05) is 0 Å². The highest BCUT2D eigenvalue weighted by Crippen LogP contribution is 2.33. The molecule has 7 nitrogen and oxygen atoms in total. The van der Waals surface area contributed by atoms with Gasteiger partial charge in [0.1, 0.15) is 11.3 Å². The predicted octanol–water partition coefficient (Wildman–Crippen LogP) is 5.27. The fraction of sp³-hybridized carbons (Fsp3) is 0.0476. The Bertz CT molecular complexity index is 1120. The summed E-state index contributed by atoms with van der Waals surface area (Å²) < 4.78 is 6.76. The average molecular weight is 534 g/mol. The molecule has 0 aromatic heterocycles. The zero-order valence-electron chi connectivity index (χ0n) is 15.3. The van der Waals surface area contributed by atoms with Gasteiger partial charge >= 0.3 is 5.97 Å². The van der Waals surface area contributed by atoms with Crippen LogP contribution in [0.3, 0.4) is 0 Å². The summed E-state index contributed by atoms with van der Waals surface area (Å²) in [4.78, 5) is 35.5. The molecule has 1 N–H and O–H groups in total. The van der Waals surface area contributed by atoms with Gasteiger partial charge in [-0.1, -0.05) is 46.3 Å². The van der Waals surface area contributed by atoms with Gasteiger partial charge < -0.3 is 10.1 Å². The lowest BCUT2D eigenvalue weighted by Gasteiger charge is -2.14. The summed E-state index contributed by atoms with van der Waals surface area (Å²) >= 11 is 6.74. The molecule has 0 aliphatic rings. The molecule has 1 amide bonds. The standard InChI is InChI=1S/C21H14Br2N2O5/c22-15-10-14(12-24-20(26)16-8-4-5-9-18(16)25(28)29)19(17(23)11-15)30-21(27)13-6-2-1-3-7-13/h1-11H,12H2,(H,24,26). The van der Waals surface area contributed by atoms with E-state index < -0.39 is 16.8 Å². The van der Waals surface area contributed by atoms with Gasteiger partial charge in [0.25, 0.3) is 11.6 Å². The van der Waals surface area contributed by atoms with Crippen LogP contribution in [-0.4, -0.2) is 16.8 Å². The first-order chi connectivity index (χ1) is 14.4. The number of halogens is 2.